The molecule has 0 saturated heterocycles. The van der Waals surface area contributed by atoms with Crippen LogP contribution in [0.15, 0.2) is 48.5 Å². The highest BCUT2D eigenvalue weighted by atomic mass is 19.4. The summed E-state index contributed by atoms with van der Waals surface area (Å²) < 4.78 is 40.8. The van der Waals surface area contributed by atoms with Gasteiger partial charge in [0.1, 0.15) is 6.61 Å². The zero-order valence-electron chi connectivity index (χ0n) is 15.6. The van der Waals surface area contributed by atoms with Crippen LogP contribution in [-0.2, 0) is 22.7 Å². The monoisotopic (exact) mass is 406 g/mol. The second-order valence-corrected chi connectivity index (χ2v) is 6.95. The van der Waals surface area contributed by atoms with Gasteiger partial charge < -0.3 is 15.4 Å². The van der Waals surface area contributed by atoms with Crippen molar-refractivity contribution in [2.75, 3.05) is 11.9 Å². The van der Waals surface area contributed by atoms with E-state index in [9.17, 15) is 22.8 Å². The van der Waals surface area contributed by atoms with Crippen molar-refractivity contribution >= 4 is 17.5 Å². The third kappa shape index (κ3) is 6.90. The molecule has 5 nitrogen and oxygen atoms in total. The van der Waals surface area contributed by atoms with Gasteiger partial charge in [-0.3, -0.25) is 9.59 Å². The Hall–Kier alpha value is -2.87. The normalized spacial score (nSPS) is 13.8. The Labute approximate surface area is 166 Å². The molecule has 1 fully saturated rings. The van der Waals surface area contributed by atoms with Crippen molar-refractivity contribution in [3.63, 3.8) is 0 Å². The van der Waals surface area contributed by atoms with Gasteiger partial charge >= 0.3 is 6.18 Å². The number of carbonyl (C=O) groups excluding carboxylic acids is 2. The Bertz CT molecular complexity index is 845. The number of anilines is 1. The van der Waals surface area contributed by atoms with Crippen molar-refractivity contribution in [1.82, 2.24) is 5.32 Å². The van der Waals surface area contributed by atoms with E-state index in [1.165, 1.54) is 0 Å². The molecular formula is C21H21F3N2O3. The highest BCUT2D eigenvalue weighted by Crippen LogP contribution is 2.30. The molecule has 1 aliphatic carbocycles. The van der Waals surface area contributed by atoms with E-state index in [1.807, 2.05) is 0 Å². The molecule has 0 spiro atoms. The lowest BCUT2D eigenvalue weighted by Crippen LogP contribution is -2.22. The predicted octanol–water partition coefficient (Wildman–Crippen LogP) is 4.04. The van der Waals surface area contributed by atoms with Crippen molar-refractivity contribution in [1.29, 1.82) is 0 Å². The number of nitrogens with one attached hydrogen (secondary N) is 2. The zero-order valence-corrected chi connectivity index (χ0v) is 15.6. The molecule has 0 aliphatic heterocycles. The summed E-state index contributed by atoms with van der Waals surface area (Å²) in [7, 11) is 0. The molecule has 8 heteroatoms. The number of benzene rings is 2. The Morgan fingerprint density at radius 1 is 0.966 bits per heavy atom. The number of amides is 2. The molecule has 2 aromatic carbocycles. The number of rotatable bonds is 8. The van der Waals surface area contributed by atoms with E-state index in [4.69, 9.17) is 0 Å². The maximum absolute atomic E-state index is 12.2. The van der Waals surface area contributed by atoms with Gasteiger partial charge in [0, 0.05) is 23.7 Å². The minimum atomic E-state index is -4.34. The molecule has 0 heterocycles. The van der Waals surface area contributed by atoms with Gasteiger partial charge in [-0.1, -0.05) is 24.3 Å². The summed E-state index contributed by atoms with van der Waals surface area (Å²) in [5.74, 6) is -0.141. The van der Waals surface area contributed by atoms with Gasteiger partial charge in [-0.2, -0.15) is 13.2 Å². The minimum absolute atomic E-state index is 0.00875. The third-order valence-electron chi connectivity index (χ3n) is 4.37. The molecule has 0 radical (unpaired) electrons. The first-order valence-corrected chi connectivity index (χ1v) is 9.21. The number of hydrogen-bond donors (Lipinski definition) is 2. The molecule has 1 saturated carbocycles. The summed E-state index contributed by atoms with van der Waals surface area (Å²) in [6.07, 6.45) is -2.49. The lowest BCUT2D eigenvalue weighted by Gasteiger charge is -2.09. The van der Waals surface area contributed by atoms with E-state index in [2.05, 4.69) is 15.4 Å². The Balaban J connectivity index is 1.44. The Morgan fingerprint density at radius 2 is 1.59 bits per heavy atom. The summed E-state index contributed by atoms with van der Waals surface area (Å²) in [4.78, 5) is 24.0. The molecule has 2 N–H and O–H groups in total. The fourth-order valence-electron chi connectivity index (χ4n) is 2.62. The molecule has 0 bridgehead atoms. The summed E-state index contributed by atoms with van der Waals surface area (Å²) in [5, 5.41) is 5.59. The second kappa shape index (κ2) is 9.09. The van der Waals surface area contributed by atoms with Gasteiger partial charge in [0.05, 0.1) is 6.61 Å². The van der Waals surface area contributed by atoms with E-state index < -0.39 is 12.8 Å². The van der Waals surface area contributed by atoms with E-state index in [-0.39, 0.29) is 30.9 Å². The molecular weight excluding hydrogens is 385 g/mol. The lowest BCUT2D eigenvalue weighted by atomic mass is 10.1. The van der Waals surface area contributed by atoms with Gasteiger partial charge in [-0.15, -0.1) is 0 Å². The van der Waals surface area contributed by atoms with Crippen molar-refractivity contribution in [3.8, 4) is 0 Å². The van der Waals surface area contributed by atoms with Crippen LogP contribution < -0.4 is 10.6 Å². The Kier molecular flexibility index (Phi) is 6.53. The summed E-state index contributed by atoms with van der Waals surface area (Å²) in [6.45, 7) is -1.13. The van der Waals surface area contributed by atoms with Gasteiger partial charge in [-0.05, 0) is 48.2 Å². The quantitative estimate of drug-likeness (QED) is 0.695. The third-order valence-corrected chi connectivity index (χ3v) is 4.37. The fraction of sp³-hybridized carbons (Fsp3) is 0.333. The van der Waals surface area contributed by atoms with Gasteiger partial charge in [0.2, 0.25) is 5.91 Å². The van der Waals surface area contributed by atoms with Crippen molar-refractivity contribution in [2.45, 2.75) is 32.2 Å². The molecule has 29 heavy (non-hydrogen) atoms. The highest BCUT2D eigenvalue weighted by molar-refractivity contribution is 5.96. The standard InChI is InChI=1S/C21H21F3N2O3/c22-21(23,24)13-29-12-15-3-1-14(2-4-15)11-25-19(27)16-7-9-18(10-8-16)26-20(28)17-5-6-17/h1-4,7-10,17H,5-6,11-13H2,(H,25,27)(H,26,28). The summed E-state index contributed by atoms with van der Waals surface area (Å²) in [5.41, 5.74) is 2.55. The largest absolute Gasteiger partial charge is 0.411 e. The molecule has 0 aromatic heterocycles. The van der Waals surface area contributed by atoms with Crippen LogP contribution >= 0.6 is 0 Å². The maximum Gasteiger partial charge on any atom is 0.411 e. The molecule has 154 valence electrons. The first kappa shape index (κ1) is 20.9. The van der Waals surface area contributed by atoms with Gasteiger partial charge in [0.15, 0.2) is 0 Å². The zero-order chi connectivity index (χ0) is 20.9. The number of ether oxygens (including phenoxy) is 1. The average molecular weight is 406 g/mol. The van der Waals surface area contributed by atoms with Crippen LogP contribution in [0, 0.1) is 5.92 Å². The first-order valence-electron chi connectivity index (χ1n) is 9.21. The number of carbonyl (C=O) groups is 2. The smallest absolute Gasteiger partial charge is 0.367 e. The Morgan fingerprint density at radius 3 is 2.17 bits per heavy atom. The fourth-order valence-corrected chi connectivity index (χ4v) is 2.62. The van der Waals surface area contributed by atoms with E-state index in [1.54, 1.807) is 48.5 Å². The highest BCUT2D eigenvalue weighted by Gasteiger charge is 2.29. The molecule has 3 rings (SSSR count). The van der Waals surface area contributed by atoms with Crippen LogP contribution in [-0.4, -0.2) is 24.6 Å². The van der Waals surface area contributed by atoms with Crippen LogP contribution in [0.5, 0.6) is 0 Å². The van der Waals surface area contributed by atoms with Crippen LogP contribution in [0.2, 0.25) is 0 Å². The first-order chi connectivity index (χ1) is 13.8. The van der Waals surface area contributed by atoms with E-state index in [0.29, 0.717) is 16.8 Å². The topological polar surface area (TPSA) is 67.4 Å². The lowest BCUT2D eigenvalue weighted by molar-refractivity contribution is -0.176. The molecule has 0 atom stereocenters. The summed E-state index contributed by atoms with van der Waals surface area (Å²) in [6, 6.07) is 13.4. The van der Waals surface area contributed by atoms with Crippen LogP contribution in [0.4, 0.5) is 18.9 Å². The van der Waals surface area contributed by atoms with Crippen molar-refractivity contribution in [2.24, 2.45) is 5.92 Å². The minimum Gasteiger partial charge on any atom is -0.367 e. The van der Waals surface area contributed by atoms with Crippen molar-refractivity contribution in [3.05, 3.63) is 65.2 Å². The molecule has 2 aromatic rings. The SMILES string of the molecule is O=C(NCc1ccc(COCC(F)(F)F)cc1)c1ccc(NC(=O)C2CC2)cc1. The van der Waals surface area contributed by atoms with Crippen LogP contribution in [0.3, 0.4) is 0 Å². The summed E-state index contributed by atoms with van der Waals surface area (Å²) >= 11 is 0. The maximum atomic E-state index is 12.2. The molecule has 0 unspecified atom stereocenters. The van der Waals surface area contributed by atoms with Crippen molar-refractivity contribution < 1.29 is 27.5 Å². The number of alkyl halides is 3. The number of halogens is 3. The van der Waals surface area contributed by atoms with Gasteiger partial charge in [0.25, 0.3) is 5.91 Å². The number of hydrogen-bond acceptors (Lipinski definition) is 3. The van der Waals surface area contributed by atoms with Gasteiger partial charge in [-0.25, -0.2) is 0 Å². The van der Waals surface area contributed by atoms with E-state index in [0.717, 1.165) is 18.4 Å². The van der Waals surface area contributed by atoms with E-state index >= 15 is 0 Å². The average Bonchev–Trinajstić information content (AvgIpc) is 3.52. The van der Waals surface area contributed by atoms with Crippen LogP contribution in [0.25, 0.3) is 0 Å². The molecule has 1 aliphatic rings. The second-order valence-electron chi connectivity index (χ2n) is 6.95. The molecule has 2 amide bonds. The predicted molar refractivity (Wildman–Crippen MR) is 101 cm³/mol. The van der Waals surface area contributed by atoms with Crippen LogP contribution in [0.1, 0.15) is 34.3 Å².